The summed E-state index contributed by atoms with van der Waals surface area (Å²) >= 11 is -0.225. The lowest BCUT2D eigenvalue weighted by Gasteiger charge is -2.05. The van der Waals surface area contributed by atoms with Gasteiger partial charge in [0.15, 0.2) is 0 Å². The summed E-state index contributed by atoms with van der Waals surface area (Å²) in [5.41, 5.74) is -4.01. The first-order chi connectivity index (χ1) is 8.40. The number of benzene rings is 1. The Bertz CT molecular complexity index is 486. The topological polar surface area (TPSA) is 26.3 Å². The van der Waals surface area contributed by atoms with E-state index in [1.807, 2.05) is 0 Å². The van der Waals surface area contributed by atoms with Crippen LogP contribution in [0.5, 0.6) is 0 Å². The van der Waals surface area contributed by atoms with E-state index in [4.69, 9.17) is 0 Å². The highest BCUT2D eigenvalue weighted by Gasteiger charge is 2.29. The SMILES string of the molecule is CCOC(=O)C#Cc1cccc(SC(F)(F)F)c1. The minimum atomic E-state index is -4.34. The standard InChI is InChI=1S/C12H9F3O2S/c1-2-17-11(16)7-6-9-4-3-5-10(8-9)18-12(13,14)15/h3-5,8H,2H2,1H3. The number of ether oxygens (including phenoxy) is 1. The van der Waals surface area contributed by atoms with Crippen LogP contribution in [0.3, 0.4) is 0 Å². The van der Waals surface area contributed by atoms with Crippen LogP contribution in [-0.2, 0) is 9.53 Å². The van der Waals surface area contributed by atoms with Gasteiger partial charge >= 0.3 is 11.5 Å². The Kier molecular flexibility index (Phi) is 5.10. The smallest absolute Gasteiger partial charge is 0.446 e. The Morgan fingerprint density at radius 3 is 2.78 bits per heavy atom. The molecule has 0 radical (unpaired) electrons. The molecule has 0 bridgehead atoms. The number of hydrogen-bond donors (Lipinski definition) is 0. The Morgan fingerprint density at radius 1 is 1.44 bits per heavy atom. The highest BCUT2D eigenvalue weighted by atomic mass is 32.2. The van der Waals surface area contributed by atoms with Gasteiger partial charge in [0.2, 0.25) is 0 Å². The quantitative estimate of drug-likeness (QED) is 0.470. The minimum Gasteiger partial charge on any atom is -0.456 e. The van der Waals surface area contributed by atoms with Gasteiger partial charge in [0, 0.05) is 16.4 Å². The van der Waals surface area contributed by atoms with Crippen molar-refractivity contribution in [1.29, 1.82) is 0 Å². The molecule has 0 spiro atoms. The van der Waals surface area contributed by atoms with Gasteiger partial charge in [-0.25, -0.2) is 4.79 Å². The Labute approximate surface area is 107 Å². The third-order valence-electron chi connectivity index (χ3n) is 1.65. The molecule has 0 atom stereocenters. The summed E-state index contributed by atoms with van der Waals surface area (Å²) in [5, 5.41) is 0. The van der Waals surface area contributed by atoms with Gasteiger partial charge in [-0.05, 0) is 36.9 Å². The number of hydrogen-bond acceptors (Lipinski definition) is 3. The van der Waals surface area contributed by atoms with Crippen LogP contribution in [0, 0.1) is 11.8 Å². The molecule has 0 fully saturated rings. The van der Waals surface area contributed by atoms with Gasteiger partial charge in [-0.1, -0.05) is 12.0 Å². The number of carbonyl (C=O) groups excluding carboxylic acids is 1. The van der Waals surface area contributed by atoms with Crippen molar-refractivity contribution in [3.8, 4) is 11.8 Å². The monoisotopic (exact) mass is 274 g/mol. The first kappa shape index (κ1) is 14.5. The van der Waals surface area contributed by atoms with E-state index in [2.05, 4.69) is 16.6 Å². The normalized spacial score (nSPS) is 10.4. The average Bonchev–Trinajstić information content (AvgIpc) is 2.25. The third-order valence-corrected chi connectivity index (χ3v) is 2.37. The first-order valence-corrected chi connectivity index (χ1v) is 5.77. The molecule has 0 aromatic heterocycles. The van der Waals surface area contributed by atoms with Gasteiger partial charge in [-0.15, -0.1) is 0 Å². The maximum atomic E-state index is 12.1. The van der Waals surface area contributed by atoms with Crippen LogP contribution < -0.4 is 0 Å². The van der Waals surface area contributed by atoms with Crippen LogP contribution in [0.2, 0.25) is 0 Å². The lowest BCUT2D eigenvalue weighted by molar-refractivity contribution is -0.136. The van der Waals surface area contributed by atoms with Gasteiger partial charge < -0.3 is 4.74 Å². The van der Waals surface area contributed by atoms with Crippen LogP contribution in [0.15, 0.2) is 29.2 Å². The molecule has 0 aliphatic rings. The Morgan fingerprint density at radius 2 is 2.17 bits per heavy atom. The van der Waals surface area contributed by atoms with Crippen LogP contribution >= 0.6 is 11.8 Å². The van der Waals surface area contributed by atoms with Gasteiger partial charge in [0.05, 0.1) is 6.61 Å². The summed E-state index contributed by atoms with van der Waals surface area (Å²) in [5.74, 6) is 3.94. The number of rotatable bonds is 2. The van der Waals surface area contributed by atoms with Gasteiger partial charge in [0.25, 0.3) is 0 Å². The average molecular weight is 274 g/mol. The zero-order chi connectivity index (χ0) is 13.6. The second-order valence-corrected chi connectivity index (χ2v) is 4.18. The molecule has 0 heterocycles. The van der Waals surface area contributed by atoms with Crippen molar-refractivity contribution in [2.45, 2.75) is 17.3 Å². The molecule has 18 heavy (non-hydrogen) atoms. The molecule has 0 unspecified atom stereocenters. The van der Waals surface area contributed by atoms with Crippen LogP contribution in [-0.4, -0.2) is 18.1 Å². The molecule has 6 heteroatoms. The molecule has 1 aromatic rings. The maximum Gasteiger partial charge on any atom is 0.446 e. The van der Waals surface area contributed by atoms with E-state index in [1.54, 1.807) is 6.92 Å². The highest BCUT2D eigenvalue weighted by Crippen LogP contribution is 2.36. The zero-order valence-corrected chi connectivity index (χ0v) is 10.2. The van der Waals surface area contributed by atoms with Crippen molar-refractivity contribution < 1.29 is 22.7 Å². The molecular weight excluding hydrogens is 265 g/mol. The van der Waals surface area contributed by atoms with E-state index in [1.165, 1.54) is 24.3 Å². The fourth-order valence-electron chi connectivity index (χ4n) is 1.06. The first-order valence-electron chi connectivity index (χ1n) is 4.95. The fraction of sp³-hybridized carbons (Fsp3) is 0.250. The van der Waals surface area contributed by atoms with E-state index in [0.29, 0.717) is 5.56 Å². The molecule has 0 saturated carbocycles. The molecule has 0 aliphatic carbocycles. The zero-order valence-electron chi connectivity index (χ0n) is 9.38. The van der Waals surface area contributed by atoms with Gasteiger partial charge in [-0.2, -0.15) is 13.2 Å². The van der Waals surface area contributed by atoms with Crippen molar-refractivity contribution in [1.82, 2.24) is 0 Å². The molecule has 2 nitrogen and oxygen atoms in total. The van der Waals surface area contributed by atoms with E-state index < -0.39 is 11.5 Å². The van der Waals surface area contributed by atoms with Gasteiger partial charge in [-0.3, -0.25) is 0 Å². The molecule has 0 amide bonds. The summed E-state index contributed by atoms with van der Waals surface area (Å²) in [7, 11) is 0. The Balaban J connectivity index is 2.79. The largest absolute Gasteiger partial charge is 0.456 e. The lowest BCUT2D eigenvalue weighted by Crippen LogP contribution is -2.00. The highest BCUT2D eigenvalue weighted by molar-refractivity contribution is 8.00. The number of thioether (sulfide) groups is 1. The van der Waals surface area contributed by atoms with Gasteiger partial charge in [0.1, 0.15) is 0 Å². The summed E-state index contributed by atoms with van der Waals surface area (Å²) in [4.78, 5) is 11.0. The lowest BCUT2D eigenvalue weighted by atomic mass is 10.2. The Hall–Kier alpha value is -1.61. The number of esters is 1. The van der Waals surface area contributed by atoms with E-state index in [-0.39, 0.29) is 23.3 Å². The molecular formula is C12H9F3O2S. The predicted octanol–water partition coefficient (Wildman–Crippen LogP) is 3.21. The van der Waals surface area contributed by atoms with Crippen molar-refractivity contribution in [3.63, 3.8) is 0 Å². The second-order valence-electron chi connectivity index (χ2n) is 3.05. The number of alkyl halides is 3. The van der Waals surface area contributed by atoms with E-state index in [0.717, 1.165) is 0 Å². The molecule has 0 N–H and O–H groups in total. The van der Waals surface area contributed by atoms with E-state index in [9.17, 15) is 18.0 Å². The summed E-state index contributed by atoms with van der Waals surface area (Å²) in [6, 6.07) is 5.56. The third kappa shape index (κ3) is 5.64. The predicted molar refractivity (Wildman–Crippen MR) is 61.9 cm³/mol. The second kappa shape index (κ2) is 6.36. The van der Waals surface area contributed by atoms with Crippen LogP contribution in [0.25, 0.3) is 0 Å². The summed E-state index contributed by atoms with van der Waals surface area (Å²) in [6.45, 7) is 1.84. The van der Waals surface area contributed by atoms with E-state index >= 15 is 0 Å². The van der Waals surface area contributed by atoms with Crippen LogP contribution in [0.4, 0.5) is 13.2 Å². The fourth-order valence-corrected chi connectivity index (χ4v) is 1.66. The molecule has 1 rings (SSSR count). The molecule has 0 saturated heterocycles. The van der Waals surface area contributed by atoms with Crippen molar-refractivity contribution >= 4 is 17.7 Å². The van der Waals surface area contributed by atoms with Crippen LogP contribution in [0.1, 0.15) is 12.5 Å². The summed E-state index contributed by atoms with van der Waals surface area (Å²) in [6.07, 6.45) is 0. The van der Waals surface area contributed by atoms with Crippen molar-refractivity contribution in [2.24, 2.45) is 0 Å². The molecule has 0 aliphatic heterocycles. The van der Waals surface area contributed by atoms with Crippen molar-refractivity contribution in [3.05, 3.63) is 29.8 Å². The van der Waals surface area contributed by atoms with Crippen molar-refractivity contribution in [2.75, 3.05) is 6.61 Å². The maximum absolute atomic E-state index is 12.1. The summed E-state index contributed by atoms with van der Waals surface area (Å²) < 4.78 is 41.0. The number of halogens is 3. The molecule has 1 aromatic carbocycles. The molecule has 96 valence electrons. The number of carbonyl (C=O) groups is 1. The minimum absolute atomic E-state index is 0.0261.